The van der Waals surface area contributed by atoms with Crippen LogP contribution in [0, 0.1) is 17.6 Å². The van der Waals surface area contributed by atoms with Crippen molar-refractivity contribution in [1.82, 2.24) is 15.0 Å². The van der Waals surface area contributed by atoms with Crippen LogP contribution in [0.4, 0.5) is 14.6 Å². The number of aliphatic hydroxyl groups excluding tert-OH is 1. The van der Waals surface area contributed by atoms with E-state index < -0.39 is 11.6 Å². The Morgan fingerprint density at radius 2 is 2.04 bits per heavy atom. The zero-order valence-electron chi connectivity index (χ0n) is 15.6. The summed E-state index contributed by atoms with van der Waals surface area (Å²) in [6.45, 7) is 4.02. The number of halogens is 2. The maximum absolute atomic E-state index is 13.9. The summed E-state index contributed by atoms with van der Waals surface area (Å²) in [4.78, 5) is 23.0. The number of H-pyrrole nitrogens is 1. The summed E-state index contributed by atoms with van der Waals surface area (Å²) in [6.07, 6.45) is 1.22. The lowest BCUT2D eigenvalue weighted by atomic mass is 10.0. The van der Waals surface area contributed by atoms with E-state index in [9.17, 15) is 18.7 Å². The fourth-order valence-electron chi connectivity index (χ4n) is 3.03. The van der Waals surface area contributed by atoms with Gasteiger partial charge in [0.25, 0.3) is 0 Å². The van der Waals surface area contributed by atoms with Crippen LogP contribution in [-0.4, -0.2) is 32.7 Å². The first-order valence-corrected chi connectivity index (χ1v) is 9.89. The summed E-state index contributed by atoms with van der Waals surface area (Å²) in [5.41, 5.74) is 0.633. The lowest BCUT2D eigenvalue weighted by Gasteiger charge is -2.19. The zero-order valence-corrected chi connectivity index (χ0v) is 16.4. The largest absolute Gasteiger partial charge is 0.394 e. The van der Waals surface area contributed by atoms with Crippen LogP contribution in [0.2, 0.25) is 0 Å². The molecule has 0 saturated heterocycles. The number of aryl methyl sites for hydroxylation is 2. The van der Waals surface area contributed by atoms with E-state index in [2.05, 4.69) is 20.3 Å². The van der Waals surface area contributed by atoms with Crippen LogP contribution in [0.5, 0.6) is 0 Å². The Kier molecular flexibility index (Phi) is 6.35. The van der Waals surface area contributed by atoms with E-state index >= 15 is 0 Å². The molecule has 3 aromatic rings. The Morgan fingerprint density at radius 1 is 1.25 bits per heavy atom. The molecule has 3 N–H and O–H groups in total. The van der Waals surface area contributed by atoms with E-state index in [4.69, 9.17) is 0 Å². The van der Waals surface area contributed by atoms with E-state index in [1.807, 2.05) is 13.8 Å². The highest BCUT2D eigenvalue weighted by Crippen LogP contribution is 2.24. The monoisotopic (exact) mass is 408 g/mol. The van der Waals surface area contributed by atoms with Crippen molar-refractivity contribution in [3.8, 4) is 0 Å². The predicted molar refractivity (Wildman–Crippen MR) is 106 cm³/mol. The van der Waals surface area contributed by atoms with Crippen LogP contribution in [-0.2, 0) is 12.8 Å². The molecule has 150 valence electrons. The van der Waals surface area contributed by atoms with Crippen molar-refractivity contribution in [2.24, 2.45) is 5.92 Å². The van der Waals surface area contributed by atoms with Gasteiger partial charge in [0.15, 0.2) is 17.3 Å². The minimum absolute atomic E-state index is 0.0766. The molecule has 6 nitrogen and oxygen atoms in total. The molecule has 2 heterocycles. The SMILES string of the molecule is CC(C)C[C@H](CO)Nc1nc(CCc2cccc(F)c2F)nc2[nH]c(=O)sc12. The van der Waals surface area contributed by atoms with Crippen molar-refractivity contribution in [3.05, 3.63) is 50.9 Å². The van der Waals surface area contributed by atoms with Crippen molar-refractivity contribution < 1.29 is 13.9 Å². The lowest BCUT2D eigenvalue weighted by Crippen LogP contribution is -2.26. The fourth-order valence-corrected chi connectivity index (χ4v) is 3.76. The van der Waals surface area contributed by atoms with Gasteiger partial charge in [0, 0.05) is 6.42 Å². The minimum Gasteiger partial charge on any atom is -0.394 e. The van der Waals surface area contributed by atoms with Gasteiger partial charge in [0.05, 0.1) is 12.6 Å². The van der Waals surface area contributed by atoms with Gasteiger partial charge < -0.3 is 10.4 Å². The highest BCUT2D eigenvalue weighted by Gasteiger charge is 2.17. The fraction of sp³-hybridized carbons (Fsp3) is 0.421. The van der Waals surface area contributed by atoms with Gasteiger partial charge in [0.1, 0.15) is 16.3 Å². The van der Waals surface area contributed by atoms with Gasteiger partial charge in [0.2, 0.25) is 0 Å². The second-order valence-electron chi connectivity index (χ2n) is 7.05. The molecule has 2 aromatic heterocycles. The van der Waals surface area contributed by atoms with E-state index in [1.165, 1.54) is 12.1 Å². The molecular weight excluding hydrogens is 386 g/mol. The Hall–Kier alpha value is -2.39. The summed E-state index contributed by atoms with van der Waals surface area (Å²) >= 11 is 0.988. The summed E-state index contributed by atoms with van der Waals surface area (Å²) in [7, 11) is 0. The van der Waals surface area contributed by atoms with E-state index in [0.717, 1.165) is 23.8 Å². The zero-order chi connectivity index (χ0) is 20.3. The molecule has 28 heavy (non-hydrogen) atoms. The number of benzene rings is 1. The molecule has 9 heteroatoms. The highest BCUT2D eigenvalue weighted by atomic mass is 32.1. The molecule has 0 fully saturated rings. The normalized spacial score (nSPS) is 12.6. The summed E-state index contributed by atoms with van der Waals surface area (Å²) in [5.74, 6) is -0.542. The van der Waals surface area contributed by atoms with E-state index in [-0.39, 0.29) is 35.9 Å². The van der Waals surface area contributed by atoms with Crippen molar-refractivity contribution in [2.75, 3.05) is 11.9 Å². The second kappa shape index (κ2) is 8.74. The Balaban J connectivity index is 1.88. The number of nitrogens with one attached hydrogen (secondary N) is 2. The van der Waals surface area contributed by atoms with Crippen molar-refractivity contribution in [3.63, 3.8) is 0 Å². The molecular formula is C19H22F2N4O2S. The molecule has 0 aliphatic carbocycles. The number of aromatic nitrogens is 3. The third kappa shape index (κ3) is 4.71. The Labute approximate surface area is 164 Å². The molecule has 0 aliphatic rings. The number of fused-ring (bicyclic) bond motifs is 1. The topological polar surface area (TPSA) is 90.9 Å². The molecule has 0 unspecified atom stereocenters. The molecule has 0 spiro atoms. The number of hydrogen-bond donors (Lipinski definition) is 3. The van der Waals surface area contributed by atoms with Crippen LogP contribution in [0.25, 0.3) is 10.3 Å². The first-order valence-electron chi connectivity index (χ1n) is 9.07. The number of hydrogen-bond acceptors (Lipinski definition) is 6. The van der Waals surface area contributed by atoms with E-state index in [1.54, 1.807) is 0 Å². The third-order valence-corrected chi connectivity index (χ3v) is 5.17. The van der Waals surface area contributed by atoms with Crippen molar-refractivity contribution in [2.45, 2.75) is 39.2 Å². The molecule has 0 radical (unpaired) electrons. The maximum Gasteiger partial charge on any atom is 0.306 e. The number of rotatable bonds is 8. The molecule has 0 amide bonds. The Bertz CT molecular complexity index is 1020. The lowest BCUT2D eigenvalue weighted by molar-refractivity contribution is 0.259. The van der Waals surface area contributed by atoms with Gasteiger partial charge in [-0.3, -0.25) is 9.78 Å². The first-order chi connectivity index (χ1) is 13.4. The minimum atomic E-state index is -0.891. The molecule has 0 bridgehead atoms. The predicted octanol–water partition coefficient (Wildman–Crippen LogP) is 3.26. The van der Waals surface area contributed by atoms with Gasteiger partial charge in [-0.05, 0) is 30.4 Å². The van der Waals surface area contributed by atoms with Gasteiger partial charge in [-0.1, -0.05) is 37.3 Å². The third-order valence-electron chi connectivity index (χ3n) is 4.29. The van der Waals surface area contributed by atoms with Gasteiger partial charge in [-0.25, -0.2) is 18.7 Å². The van der Waals surface area contributed by atoms with Crippen LogP contribution in [0.3, 0.4) is 0 Å². The van der Waals surface area contributed by atoms with Crippen LogP contribution in [0.15, 0.2) is 23.0 Å². The van der Waals surface area contributed by atoms with E-state index in [0.29, 0.717) is 27.9 Å². The molecule has 1 atom stereocenters. The first kappa shape index (κ1) is 20.3. The van der Waals surface area contributed by atoms with Gasteiger partial charge in [-0.2, -0.15) is 0 Å². The molecule has 1 aromatic carbocycles. The number of anilines is 1. The number of aliphatic hydroxyl groups is 1. The average molecular weight is 408 g/mol. The smallest absolute Gasteiger partial charge is 0.306 e. The maximum atomic E-state index is 13.9. The van der Waals surface area contributed by atoms with Crippen molar-refractivity contribution in [1.29, 1.82) is 0 Å². The average Bonchev–Trinajstić information content (AvgIpc) is 3.02. The van der Waals surface area contributed by atoms with Crippen LogP contribution in [0.1, 0.15) is 31.7 Å². The summed E-state index contributed by atoms with van der Waals surface area (Å²) in [5, 5.41) is 12.8. The summed E-state index contributed by atoms with van der Waals surface area (Å²) < 4.78 is 27.8. The quantitative estimate of drug-likeness (QED) is 0.532. The standard InChI is InChI=1S/C19H22F2N4O2S/c1-10(2)8-12(9-26)22-17-16-18(25-19(27)28-16)24-14(23-17)7-6-11-4-3-5-13(20)15(11)21/h3-5,10,12,26H,6-9H2,1-2H3,(H2,22,23,24,25,27)/t12-/m1/s1. The van der Waals surface area contributed by atoms with Gasteiger partial charge >= 0.3 is 4.87 Å². The van der Waals surface area contributed by atoms with Gasteiger partial charge in [-0.15, -0.1) is 0 Å². The number of aromatic amines is 1. The van der Waals surface area contributed by atoms with Crippen molar-refractivity contribution >= 4 is 27.5 Å². The molecule has 0 saturated carbocycles. The summed E-state index contributed by atoms with van der Waals surface area (Å²) in [6, 6.07) is 3.83. The number of nitrogens with zero attached hydrogens (tertiary/aromatic N) is 2. The second-order valence-corrected chi connectivity index (χ2v) is 8.03. The molecule has 3 rings (SSSR count). The Morgan fingerprint density at radius 3 is 2.75 bits per heavy atom. The van der Waals surface area contributed by atoms with Crippen LogP contribution >= 0.6 is 11.3 Å². The van der Waals surface area contributed by atoms with Crippen LogP contribution < -0.4 is 10.2 Å². The number of thiazole rings is 1. The highest BCUT2D eigenvalue weighted by molar-refractivity contribution is 7.16. The molecule has 0 aliphatic heterocycles.